The van der Waals surface area contributed by atoms with Gasteiger partial charge in [0.15, 0.2) is 5.65 Å². The second-order valence-electron chi connectivity index (χ2n) is 6.37. The third-order valence-corrected chi connectivity index (χ3v) is 6.59. The van der Waals surface area contributed by atoms with Gasteiger partial charge < -0.3 is 0 Å². The van der Waals surface area contributed by atoms with E-state index in [9.17, 15) is 8.42 Å². The monoisotopic (exact) mass is 376 g/mol. The van der Waals surface area contributed by atoms with E-state index < -0.39 is 10.0 Å². The molecule has 0 saturated carbocycles. The van der Waals surface area contributed by atoms with E-state index in [1.807, 2.05) is 6.92 Å². The zero-order valence-corrected chi connectivity index (χ0v) is 15.2. The van der Waals surface area contributed by atoms with E-state index >= 15 is 0 Å². The van der Waals surface area contributed by atoms with Gasteiger partial charge in [-0.2, -0.15) is 5.10 Å². The molecule has 1 aliphatic carbocycles. The average Bonchev–Trinajstić information content (AvgIpc) is 3.05. The number of hydrogen-bond acceptors (Lipinski definition) is 4. The van der Waals surface area contributed by atoms with Gasteiger partial charge in [-0.15, -0.1) is 0 Å². The molecule has 8 heteroatoms. The van der Waals surface area contributed by atoms with Crippen molar-refractivity contribution in [3.8, 4) is 0 Å². The van der Waals surface area contributed by atoms with Crippen molar-refractivity contribution in [2.24, 2.45) is 0 Å². The summed E-state index contributed by atoms with van der Waals surface area (Å²) in [4.78, 5) is 4.54. The van der Waals surface area contributed by atoms with Crippen LogP contribution < -0.4 is 4.72 Å². The molecule has 3 aromatic rings. The topological polar surface area (TPSA) is 87.7 Å². The molecule has 130 valence electrons. The first-order valence-electron chi connectivity index (χ1n) is 8.02. The molecule has 1 unspecified atom stereocenters. The van der Waals surface area contributed by atoms with E-state index in [2.05, 4.69) is 19.9 Å². The minimum Gasteiger partial charge on any atom is -0.261 e. The quantitative estimate of drug-likeness (QED) is 0.735. The summed E-state index contributed by atoms with van der Waals surface area (Å²) < 4.78 is 28.1. The normalized spacial score (nSPS) is 17.6. The molecule has 6 nitrogen and oxygen atoms in total. The highest BCUT2D eigenvalue weighted by Gasteiger charge is 2.26. The Hall–Kier alpha value is -1.96. The number of nitrogens with one attached hydrogen (secondary N) is 2. The molecular formula is C17H17ClN4O2S. The molecule has 2 N–H and O–H groups in total. The molecule has 0 amide bonds. The highest BCUT2D eigenvalue weighted by atomic mass is 35.5. The number of aromatic nitrogens is 3. The first-order valence-corrected chi connectivity index (χ1v) is 9.88. The van der Waals surface area contributed by atoms with Crippen LogP contribution in [-0.2, 0) is 22.9 Å². The van der Waals surface area contributed by atoms with Crippen molar-refractivity contribution in [3.63, 3.8) is 0 Å². The van der Waals surface area contributed by atoms with E-state index in [0.29, 0.717) is 11.4 Å². The molecule has 25 heavy (non-hydrogen) atoms. The van der Waals surface area contributed by atoms with Crippen LogP contribution in [0, 0.1) is 6.92 Å². The Morgan fingerprint density at radius 1 is 1.32 bits per heavy atom. The van der Waals surface area contributed by atoms with Crippen LogP contribution >= 0.6 is 11.6 Å². The number of aromatic amines is 1. The molecule has 0 bridgehead atoms. The summed E-state index contributed by atoms with van der Waals surface area (Å²) in [6.07, 6.45) is 5.72. The van der Waals surface area contributed by atoms with Crippen molar-refractivity contribution in [2.45, 2.75) is 37.1 Å². The molecule has 2 heterocycles. The molecule has 1 aliphatic rings. The van der Waals surface area contributed by atoms with Crippen LogP contribution in [0.5, 0.6) is 0 Å². The number of aryl methyl sites for hydroxylation is 2. The average molecular weight is 377 g/mol. The predicted octanol–water partition coefficient (Wildman–Crippen LogP) is 2.76. The maximum atomic E-state index is 12.6. The summed E-state index contributed by atoms with van der Waals surface area (Å²) in [5.41, 5.74) is 3.89. The largest absolute Gasteiger partial charge is 0.261 e. The van der Waals surface area contributed by atoms with Crippen LogP contribution in [-0.4, -0.2) is 29.6 Å². The van der Waals surface area contributed by atoms with Crippen LogP contribution in [0.1, 0.15) is 23.1 Å². The van der Waals surface area contributed by atoms with Crippen molar-refractivity contribution in [2.75, 3.05) is 0 Å². The predicted molar refractivity (Wildman–Crippen MR) is 96.2 cm³/mol. The SMILES string of the molecule is Cc1ccc(S(=O)(=O)NC2CCc3c(cnc4[nH]ncc34)C2)cc1Cl. The van der Waals surface area contributed by atoms with E-state index in [-0.39, 0.29) is 10.9 Å². The van der Waals surface area contributed by atoms with Gasteiger partial charge in [-0.1, -0.05) is 17.7 Å². The second kappa shape index (κ2) is 6.09. The highest BCUT2D eigenvalue weighted by Crippen LogP contribution is 2.28. The van der Waals surface area contributed by atoms with Gasteiger partial charge in [0.05, 0.1) is 11.1 Å². The van der Waals surface area contributed by atoms with E-state index in [1.54, 1.807) is 24.5 Å². The molecule has 0 radical (unpaired) electrons. The van der Waals surface area contributed by atoms with E-state index in [4.69, 9.17) is 11.6 Å². The number of fused-ring (bicyclic) bond motifs is 3. The van der Waals surface area contributed by atoms with Gasteiger partial charge in [0.25, 0.3) is 0 Å². The molecule has 0 fully saturated rings. The van der Waals surface area contributed by atoms with Crippen molar-refractivity contribution in [1.29, 1.82) is 0 Å². The Bertz CT molecular complexity index is 1060. The molecule has 1 aromatic carbocycles. The van der Waals surface area contributed by atoms with Crippen LogP contribution in [0.15, 0.2) is 35.5 Å². The van der Waals surface area contributed by atoms with Crippen molar-refractivity contribution in [1.82, 2.24) is 19.9 Å². The Balaban J connectivity index is 1.58. The minimum absolute atomic E-state index is 0.163. The van der Waals surface area contributed by atoms with E-state index in [0.717, 1.165) is 35.0 Å². The zero-order valence-electron chi connectivity index (χ0n) is 13.6. The van der Waals surface area contributed by atoms with Gasteiger partial charge in [0.2, 0.25) is 10.0 Å². The number of sulfonamides is 1. The fourth-order valence-corrected chi connectivity index (χ4v) is 4.82. The summed E-state index contributed by atoms with van der Waals surface area (Å²) in [5, 5.41) is 8.36. The molecular weight excluding hydrogens is 360 g/mol. The summed E-state index contributed by atoms with van der Waals surface area (Å²) in [7, 11) is -3.61. The standard InChI is InChI=1S/C17H17ClN4O2S/c1-10-2-4-13(7-16(10)18)25(23,24)22-12-3-5-14-11(6-12)8-19-17-15(14)9-20-21-17/h2,4,7-9,12,22H,3,5-6H2,1H3,(H,19,20,21). The number of nitrogens with zero attached hydrogens (tertiary/aromatic N) is 2. The summed E-state index contributed by atoms with van der Waals surface area (Å²) in [5.74, 6) is 0. The first-order chi connectivity index (χ1) is 11.9. The van der Waals surface area contributed by atoms with E-state index in [1.165, 1.54) is 11.6 Å². The maximum absolute atomic E-state index is 12.6. The molecule has 0 spiro atoms. The number of hydrogen-bond donors (Lipinski definition) is 2. The molecule has 0 saturated heterocycles. The van der Waals surface area contributed by atoms with Crippen molar-refractivity contribution in [3.05, 3.63) is 52.3 Å². The lowest BCUT2D eigenvalue weighted by atomic mass is 9.88. The van der Waals surface area contributed by atoms with Crippen LogP contribution in [0.25, 0.3) is 11.0 Å². The zero-order chi connectivity index (χ0) is 17.6. The number of rotatable bonds is 3. The Kier molecular flexibility index (Phi) is 4.02. The molecule has 2 aromatic heterocycles. The lowest BCUT2D eigenvalue weighted by Gasteiger charge is -2.25. The smallest absolute Gasteiger partial charge is 0.240 e. The summed E-state index contributed by atoms with van der Waals surface area (Å²) in [6.45, 7) is 1.84. The number of halogens is 1. The molecule has 1 atom stereocenters. The fourth-order valence-electron chi connectivity index (χ4n) is 3.28. The molecule has 0 aliphatic heterocycles. The van der Waals surface area contributed by atoms with Crippen molar-refractivity contribution >= 4 is 32.7 Å². The Morgan fingerprint density at radius 2 is 2.16 bits per heavy atom. The van der Waals surface area contributed by atoms with Crippen LogP contribution in [0.4, 0.5) is 0 Å². The van der Waals surface area contributed by atoms with Gasteiger partial charge in [-0.05, 0) is 55.0 Å². The lowest BCUT2D eigenvalue weighted by molar-refractivity contribution is 0.508. The first kappa shape index (κ1) is 16.5. The summed E-state index contributed by atoms with van der Waals surface area (Å²) >= 11 is 6.06. The number of pyridine rings is 1. The number of benzene rings is 1. The third kappa shape index (κ3) is 3.03. The van der Waals surface area contributed by atoms with Gasteiger partial charge in [0, 0.05) is 22.6 Å². The van der Waals surface area contributed by atoms with Crippen LogP contribution in [0.2, 0.25) is 5.02 Å². The van der Waals surface area contributed by atoms with Crippen molar-refractivity contribution < 1.29 is 8.42 Å². The molecule has 4 rings (SSSR count). The Morgan fingerprint density at radius 3 is 2.96 bits per heavy atom. The van der Waals surface area contributed by atoms with Gasteiger partial charge in [0.1, 0.15) is 0 Å². The summed E-state index contributed by atoms with van der Waals surface area (Å²) in [6, 6.07) is 4.62. The Labute approximate surface area is 150 Å². The van der Waals surface area contributed by atoms with Gasteiger partial charge in [-0.3, -0.25) is 5.10 Å². The van der Waals surface area contributed by atoms with Gasteiger partial charge >= 0.3 is 0 Å². The minimum atomic E-state index is -3.61. The second-order valence-corrected chi connectivity index (χ2v) is 8.49. The fraction of sp³-hybridized carbons (Fsp3) is 0.294. The van der Waals surface area contributed by atoms with Crippen LogP contribution in [0.3, 0.4) is 0 Å². The third-order valence-electron chi connectivity index (χ3n) is 4.67. The highest BCUT2D eigenvalue weighted by molar-refractivity contribution is 7.89. The number of H-pyrrole nitrogens is 1. The maximum Gasteiger partial charge on any atom is 0.240 e. The van der Waals surface area contributed by atoms with Gasteiger partial charge in [-0.25, -0.2) is 18.1 Å². The lowest BCUT2D eigenvalue weighted by Crippen LogP contribution is -2.38.